The molecule has 0 bridgehead atoms. The van der Waals surface area contributed by atoms with Crippen LogP contribution in [0.15, 0.2) is 47.4 Å². The monoisotopic (exact) mass is 308 g/mol. The highest BCUT2D eigenvalue weighted by atomic mass is 32.2. The van der Waals surface area contributed by atoms with Gasteiger partial charge in [0, 0.05) is 5.69 Å². The molecule has 0 aliphatic rings. The summed E-state index contributed by atoms with van der Waals surface area (Å²) in [6, 6.07) is 9.65. The Hall–Kier alpha value is -2.25. The van der Waals surface area contributed by atoms with Crippen LogP contribution in [0.2, 0.25) is 0 Å². The summed E-state index contributed by atoms with van der Waals surface area (Å²) in [5.41, 5.74) is 0.786. The summed E-state index contributed by atoms with van der Waals surface area (Å²) in [6.45, 7) is 1.71. The first-order valence-electron chi connectivity index (χ1n) is 5.98. The molecule has 1 amide bonds. The summed E-state index contributed by atoms with van der Waals surface area (Å²) >= 11 is 0. The Kier molecular flexibility index (Phi) is 4.06. The van der Waals surface area contributed by atoms with Crippen molar-refractivity contribution in [3.8, 4) is 0 Å². The molecule has 2 aromatic carbocycles. The van der Waals surface area contributed by atoms with Crippen LogP contribution in [-0.2, 0) is 10.0 Å². The number of aryl methyl sites for hydroxylation is 1. The van der Waals surface area contributed by atoms with E-state index in [2.05, 4.69) is 5.32 Å². The van der Waals surface area contributed by atoms with Crippen molar-refractivity contribution < 1.29 is 17.6 Å². The molecule has 0 heterocycles. The van der Waals surface area contributed by atoms with E-state index in [-0.39, 0.29) is 16.1 Å². The molecule has 21 heavy (non-hydrogen) atoms. The number of rotatable bonds is 3. The zero-order valence-corrected chi connectivity index (χ0v) is 11.9. The van der Waals surface area contributed by atoms with Gasteiger partial charge in [-0.25, -0.2) is 17.9 Å². The number of halogens is 1. The van der Waals surface area contributed by atoms with Crippen molar-refractivity contribution in [2.45, 2.75) is 11.8 Å². The molecule has 0 aliphatic heterocycles. The van der Waals surface area contributed by atoms with Gasteiger partial charge in [0.1, 0.15) is 5.82 Å². The maximum atomic E-state index is 13.7. The van der Waals surface area contributed by atoms with Crippen molar-refractivity contribution >= 4 is 21.6 Å². The number of hydrogen-bond donors (Lipinski definition) is 2. The molecular weight excluding hydrogens is 295 g/mol. The van der Waals surface area contributed by atoms with Gasteiger partial charge in [0.2, 0.25) is 10.0 Å². The van der Waals surface area contributed by atoms with E-state index in [9.17, 15) is 17.6 Å². The van der Waals surface area contributed by atoms with E-state index in [1.54, 1.807) is 13.0 Å². The highest BCUT2D eigenvalue weighted by molar-refractivity contribution is 7.89. The molecule has 0 radical (unpaired) electrons. The molecule has 3 N–H and O–H groups in total. The summed E-state index contributed by atoms with van der Waals surface area (Å²) in [6.07, 6.45) is 0. The van der Waals surface area contributed by atoms with Gasteiger partial charge in [-0.15, -0.1) is 0 Å². The summed E-state index contributed by atoms with van der Waals surface area (Å²) in [5, 5.41) is 7.44. The Morgan fingerprint density at radius 3 is 2.52 bits per heavy atom. The number of carbonyl (C=O) groups excluding carboxylic acids is 1. The topological polar surface area (TPSA) is 89.3 Å². The average molecular weight is 308 g/mol. The third kappa shape index (κ3) is 3.65. The summed E-state index contributed by atoms with van der Waals surface area (Å²) in [5.74, 6) is -1.31. The molecule has 0 aromatic heterocycles. The first-order valence-corrected chi connectivity index (χ1v) is 7.52. The summed E-state index contributed by atoms with van der Waals surface area (Å²) in [4.78, 5) is 11.8. The van der Waals surface area contributed by atoms with Gasteiger partial charge in [0.15, 0.2) is 0 Å². The van der Waals surface area contributed by atoms with Crippen LogP contribution in [0.3, 0.4) is 0 Å². The predicted molar refractivity (Wildman–Crippen MR) is 76.9 cm³/mol. The molecule has 0 spiro atoms. The van der Waals surface area contributed by atoms with E-state index >= 15 is 0 Å². The summed E-state index contributed by atoms with van der Waals surface area (Å²) in [7, 11) is -3.86. The zero-order valence-electron chi connectivity index (χ0n) is 11.1. The van der Waals surface area contributed by atoms with Crippen LogP contribution in [0.5, 0.6) is 0 Å². The van der Waals surface area contributed by atoms with Crippen LogP contribution >= 0.6 is 0 Å². The molecule has 2 rings (SSSR count). The Morgan fingerprint density at radius 2 is 1.90 bits per heavy atom. The lowest BCUT2D eigenvalue weighted by atomic mass is 10.1. The normalized spacial score (nSPS) is 11.2. The number of benzene rings is 2. The lowest BCUT2D eigenvalue weighted by molar-refractivity contribution is 0.102. The second-order valence-corrected chi connectivity index (χ2v) is 6.07. The van der Waals surface area contributed by atoms with Gasteiger partial charge in [-0.3, -0.25) is 4.79 Å². The van der Waals surface area contributed by atoms with Gasteiger partial charge in [-0.05, 0) is 42.8 Å². The first-order chi connectivity index (χ1) is 9.77. The van der Waals surface area contributed by atoms with Gasteiger partial charge < -0.3 is 5.32 Å². The zero-order chi connectivity index (χ0) is 15.6. The molecule has 0 aliphatic carbocycles. The van der Waals surface area contributed by atoms with Crippen molar-refractivity contribution in [2.24, 2.45) is 5.14 Å². The minimum Gasteiger partial charge on any atom is -0.322 e. The molecule has 0 saturated carbocycles. The van der Waals surface area contributed by atoms with Crippen molar-refractivity contribution in [1.29, 1.82) is 0 Å². The molecule has 110 valence electrons. The predicted octanol–water partition coefficient (Wildman–Crippen LogP) is 2.03. The number of hydrogen-bond acceptors (Lipinski definition) is 3. The van der Waals surface area contributed by atoms with Gasteiger partial charge in [0.25, 0.3) is 5.91 Å². The number of carbonyl (C=O) groups is 1. The van der Waals surface area contributed by atoms with E-state index < -0.39 is 21.7 Å². The first kappa shape index (κ1) is 15.1. The van der Waals surface area contributed by atoms with E-state index in [0.29, 0.717) is 5.56 Å². The van der Waals surface area contributed by atoms with Crippen LogP contribution in [0, 0.1) is 12.7 Å². The number of nitrogens with one attached hydrogen (secondary N) is 1. The standard InChI is InChI=1S/C14H13FN2O3S/c1-9-5-6-12(13(15)7-9)14(18)17-10-3-2-4-11(8-10)21(16,19)20/h2-8H,1H3,(H,17,18)(H2,16,19,20). The van der Waals surface area contributed by atoms with E-state index in [0.717, 1.165) is 0 Å². The SMILES string of the molecule is Cc1ccc(C(=O)Nc2cccc(S(N)(=O)=O)c2)c(F)c1. The Balaban J connectivity index is 2.28. The quantitative estimate of drug-likeness (QED) is 0.909. The van der Waals surface area contributed by atoms with Gasteiger partial charge in [-0.2, -0.15) is 0 Å². The van der Waals surface area contributed by atoms with Crippen LogP contribution < -0.4 is 10.5 Å². The largest absolute Gasteiger partial charge is 0.322 e. The molecule has 2 aromatic rings. The molecule has 0 fully saturated rings. The van der Waals surface area contributed by atoms with Crippen LogP contribution in [0.4, 0.5) is 10.1 Å². The van der Waals surface area contributed by atoms with Crippen molar-refractivity contribution in [3.63, 3.8) is 0 Å². The van der Waals surface area contributed by atoms with E-state index in [1.807, 2.05) is 0 Å². The smallest absolute Gasteiger partial charge is 0.258 e. The maximum absolute atomic E-state index is 13.7. The molecule has 0 atom stereocenters. The highest BCUT2D eigenvalue weighted by Crippen LogP contribution is 2.16. The van der Waals surface area contributed by atoms with Gasteiger partial charge in [0.05, 0.1) is 10.5 Å². The van der Waals surface area contributed by atoms with E-state index in [4.69, 9.17) is 5.14 Å². The lowest BCUT2D eigenvalue weighted by Gasteiger charge is -2.08. The van der Waals surface area contributed by atoms with Crippen LogP contribution in [-0.4, -0.2) is 14.3 Å². The number of anilines is 1. The van der Waals surface area contributed by atoms with Crippen molar-refractivity contribution in [1.82, 2.24) is 0 Å². The lowest BCUT2D eigenvalue weighted by Crippen LogP contribution is -2.15. The fraction of sp³-hybridized carbons (Fsp3) is 0.0714. The summed E-state index contributed by atoms with van der Waals surface area (Å²) < 4.78 is 36.2. The molecule has 7 heteroatoms. The Bertz CT molecular complexity index is 804. The minimum atomic E-state index is -3.86. The number of nitrogens with two attached hydrogens (primary N) is 1. The maximum Gasteiger partial charge on any atom is 0.258 e. The van der Waals surface area contributed by atoms with Crippen LogP contribution in [0.25, 0.3) is 0 Å². The third-order valence-corrected chi connectivity index (χ3v) is 3.70. The van der Waals surface area contributed by atoms with Crippen LogP contribution in [0.1, 0.15) is 15.9 Å². The fourth-order valence-electron chi connectivity index (χ4n) is 1.75. The molecule has 0 saturated heterocycles. The number of primary sulfonamides is 1. The molecular formula is C14H13FN2O3S. The minimum absolute atomic E-state index is 0.124. The Morgan fingerprint density at radius 1 is 1.19 bits per heavy atom. The van der Waals surface area contributed by atoms with E-state index in [1.165, 1.54) is 36.4 Å². The highest BCUT2D eigenvalue weighted by Gasteiger charge is 2.13. The fourth-order valence-corrected chi connectivity index (χ4v) is 2.31. The third-order valence-electron chi connectivity index (χ3n) is 2.79. The van der Waals surface area contributed by atoms with Gasteiger partial charge in [-0.1, -0.05) is 12.1 Å². The second kappa shape index (κ2) is 5.63. The van der Waals surface area contributed by atoms with Crippen molar-refractivity contribution in [2.75, 3.05) is 5.32 Å². The number of amides is 1. The Labute approximate surface area is 121 Å². The molecule has 0 unspecified atom stereocenters. The average Bonchev–Trinajstić information content (AvgIpc) is 2.37. The molecule has 5 nitrogen and oxygen atoms in total. The second-order valence-electron chi connectivity index (χ2n) is 4.51. The number of sulfonamides is 1. The van der Waals surface area contributed by atoms with Gasteiger partial charge >= 0.3 is 0 Å². The van der Waals surface area contributed by atoms with Crippen molar-refractivity contribution in [3.05, 3.63) is 59.4 Å².